The molecule has 3 aromatic rings. The van der Waals surface area contributed by atoms with E-state index in [1.165, 1.54) is 6.26 Å². The van der Waals surface area contributed by atoms with E-state index in [4.69, 9.17) is 16.7 Å². The highest BCUT2D eigenvalue weighted by molar-refractivity contribution is 7.90. The predicted octanol–water partition coefficient (Wildman–Crippen LogP) is 5.49. The molecule has 1 saturated heterocycles. The second-order valence-electron chi connectivity index (χ2n) is 12.1. The molecule has 1 fully saturated rings. The SMILES string of the molecule is CCc1cccc(-c2c(Cl)cccc2C(O)(CCCNC(=O)O)C2CCCN(C(=O)c3ccc(CNCCS(C)(=O)=O)cc3)C2)c1. The van der Waals surface area contributed by atoms with Gasteiger partial charge in [0.15, 0.2) is 0 Å². The van der Waals surface area contributed by atoms with Crippen LogP contribution in [0, 0.1) is 5.92 Å². The topological polar surface area (TPSA) is 136 Å². The number of hydrogen-bond acceptors (Lipinski definition) is 6. The number of sulfone groups is 1. The molecular weight excluding hydrogens is 626 g/mol. The number of benzene rings is 3. The lowest BCUT2D eigenvalue weighted by Gasteiger charge is -2.44. The van der Waals surface area contributed by atoms with Crippen molar-refractivity contribution in [3.63, 3.8) is 0 Å². The van der Waals surface area contributed by atoms with E-state index < -0.39 is 21.5 Å². The van der Waals surface area contributed by atoms with Gasteiger partial charge in [-0.3, -0.25) is 4.79 Å². The molecule has 2 unspecified atom stereocenters. The molecule has 0 aliphatic carbocycles. The Morgan fingerprint density at radius 1 is 1.04 bits per heavy atom. The fraction of sp³-hybridized carbons (Fsp3) is 0.429. The van der Waals surface area contributed by atoms with Gasteiger partial charge >= 0.3 is 6.09 Å². The molecule has 4 N–H and O–H groups in total. The number of piperidine rings is 1. The molecule has 2 amide bonds. The number of carbonyl (C=O) groups excluding carboxylic acids is 1. The van der Waals surface area contributed by atoms with Crippen molar-refractivity contribution in [3.05, 3.63) is 94.0 Å². The number of hydrogen-bond donors (Lipinski definition) is 4. The van der Waals surface area contributed by atoms with E-state index in [2.05, 4.69) is 29.7 Å². The molecule has 0 saturated carbocycles. The smallest absolute Gasteiger partial charge is 0.404 e. The van der Waals surface area contributed by atoms with Gasteiger partial charge in [0.2, 0.25) is 0 Å². The summed E-state index contributed by atoms with van der Waals surface area (Å²) in [6.07, 6.45) is 3.00. The number of halogens is 1. The lowest BCUT2D eigenvalue weighted by molar-refractivity contribution is -0.0563. The highest BCUT2D eigenvalue weighted by Gasteiger charge is 2.43. The fourth-order valence-electron chi connectivity index (χ4n) is 6.23. The average Bonchev–Trinajstić information content (AvgIpc) is 3.04. The Balaban J connectivity index is 1.59. The van der Waals surface area contributed by atoms with Gasteiger partial charge in [-0.05, 0) is 72.6 Å². The Kier molecular flexibility index (Phi) is 12.2. The summed E-state index contributed by atoms with van der Waals surface area (Å²) in [6.45, 7) is 3.99. The van der Waals surface area contributed by atoms with Crippen molar-refractivity contribution < 1.29 is 28.2 Å². The molecule has 11 heteroatoms. The Bertz CT molecular complexity index is 1610. The number of nitrogens with one attached hydrogen (secondary N) is 2. The number of nitrogens with zero attached hydrogens (tertiary/aromatic N) is 1. The monoisotopic (exact) mass is 669 g/mol. The number of amides is 2. The molecule has 248 valence electrons. The standard InChI is InChI=1S/C35H44ClN3O6S/c1-3-25-8-4-9-28(22-25)32-30(11-5-12-31(32)36)35(43,17-7-18-38-34(41)42)29-10-6-20-39(24-29)33(40)27-15-13-26(14-16-27)23-37-19-21-46(2,44)45/h4-5,8-9,11-16,22,29,37-38,43H,3,6-7,10,17-21,23-24H2,1-2H3,(H,41,42). The van der Waals surface area contributed by atoms with E-state index in [1.807, 2.05) is 42.5 Å². The normalized spacial score (nSPS) is 16.5. The number of aliphatic hydroxyl groups is 1. The van der Waals surface area contributed by atoms with E-state index in [0.29, 0.717) is 61.6 Å². The molecule has 1 heterocycles. The van der Waals surface area contributed by atoms with Gasteiger partial charge in [0, 0.05) is 61.0 Å². The van der Waals surface area contributed by atoms with Crippen LogP contribution in [0.4, 0.5) is 4.79 Å². The summed E-state index contributed by atoms with van der Waals surface area (Å²) in [5.74, 6) is -0.387. The summed E-state index contributed by atoms with van der Waals surface area (Å²) in [4.78, 5) is 26.6. The lowest BCUT2D eigenvalue weighted by Crippen LogP contribution is -2.48. The van der Waals surface area contributed by atoms with E-state index in [9.17, 15) is 23.1 Å². The first-order valence-corrected chi connectivity index (χ1v) is 18.2. The third-order valence-corrected chi connectivity index (χ3v) is 9.94. The van der Waals surface area contributed by atoms with Crippen molar-refractivity contribution in [3.8, 4) is 11.1 Å². The van der Waals surface area contributed by atoms with Crippen LogP contribution in [-0.4, -0.2) is 73.7 Å². The van der Waals surface area contributed by atoms with Gasteiger partial charge in [-0.1, -0.05) is 67.1 Å². The van der Waals surface area contributed by atoms with Gasteiger partial charge < -0.3 is 25.7 Å². The van der Waals surface area contributed by atoms with Crippen LogP contribution in [0.5, 0.6) is 0 Å². The van der Waals surface area contributed by atoms with E-state index in [0.717, 1.165) is 28.7 Å². The fourth-order valence-corrected chi connectivity index (χ4v) is 7.03. The summed E-state index contributed by atoms with van der Waals surface area (Å²) < 4.78 is 22.7. The summed E-state index contributed by atoms with van der Waals surface area (Å²) in [5, 5.41) is 27.9. The zero-order chi connectivity index (χ0) is 33.3. The van der Waals surface area contributed by atoms with Gasteiger partial charge in [0.25, 0.3) is 5.91 Å². The molecule has 9 nitrogen and oxygen atoms in total. The number of rotatable bonds is 14. The maximum absolute atomic E-state index is 13.7. The van der Waals surface area contributed by atoms with E-state index >= 15 is 0 Å². The highest BCUT2D eigenvalue weighted by atomic mass is 35.5. The maximum Gasteiger partial charge on any atom is 0.404 e. The third kappa shape index (κ3) is 9.31. The van der Waals surface area contributed by atoms with Crippen molar-refractivity contribution in [2.24, 2.45) is 5.92 Å². The Morgan fingerprint density at radius 3 is 2.48 bits per heavy atom. The second kappa shape index (κ2) is 15.9. The molecule has 4 rings (SSSR count). The van der Waals surface area contributed by atoms with Crippen molar-refractivity contribution in [1.82, 2.24) is 15.5 Å². The lowest BCUT2D eigenvalue weighted by atomic mass is 9.72. The largest absolute Gasteiger partial charge is 0.465 e. The summed E-state index contributed by atoms with van der Waals surface area (Å²) in [7, 11) is -3.04. The molecule has 46 heavy (non-hydrogen) atoms. The van der Waals surface area contributed by atoms with Crippen molar-refractivity contribution >= 4 is 33.4 Å². The number of likely N-dealkylation sites (tertiary alicyclic amines) is 1. The Hall–Kier alpha value is -3.44. The molecule has 0 aromatic heterocycles. The molecule has 0 radical (unpaired) electrons. The summed E-state index contributed by atoms with van der Waals surface area (Å²) >= 11 is 6.84. The first-order valence-electron chi connectivity index (χ1n) is 15.8. The zero-order valence-electron chi connectivity index (χ0n) is 26.5. The predicted molar refractivity (Wildman–Crippen MR) is 182 cm³/mol. The third-order valence-electron chi connectivity index (χ3n) is 8.68. The van der Waals surface area contributed by atoms with Crippen LogP contribution in [-0.2, 0) is 28.4 Å². The van der Waals surface area contributed by atoms with Gasteiger partial charge in [-0.25, -0.2) is 13.2 Å². The quantitative estimate of drug-likeness (QED) is 0.167. The first kappa shape index (κ1) is 35.4. The number of carboxylic acid groups (broad SMARTS) is 1. The maximum atomic E-state index is 13.7. The van der Waals surface area contributed by atoms with Crippen LogP contribution in [0.3, 0.4) is 0 Å². The molecular formula is C35H44ClN3O6S. The van der Waals surface area contributed by atoms with Crippen LogP contribution < -0.4 is 10.6 Å². The molecule has 3 aromatic carbocycles. The summed E-state index contributed by atoms with van der Waals surface area (Å²) in [6, 6.07) is 20.9. The minimum Gasteiger partial charge on any atom is -0.465 e. The van der Waals surface area contributed by atoms with Crippen LogP contribution in [0.15, 0.2) is 66.7 Å². The van der Waals surface area contributed by atoms with Gasteiger partial charge in [-0.2, -0.15) is 0 Å². The first-order chi connectivity index (χ1) is 21.9. The molecule has 0 spiro atoms. The Morgan fingerprint density at radius 2 is 1.78 bits per heavy atom. The van der Waals surface area contributed by atoms with Crippen molar-refractivity contribution in [1.29, 1.82) is 0 Å². The minimum atomic E-state index is -3.04. The molecule has 2 atom stereocenters. The van der Waals surface area contributed by atoms with Gasteiger partial charge in [-0.15, -0.1) is 0 Å². The van der Waals surface area contributed by atoms with Gasteiger partial charge in [0.05, 0.1) is 11.4 Å². The number of carbonyl (C=O) groups is 2. The molecule has 1 aliphatic rings. The van der Waals surface area contributed by atoms with Crippen LogP contribution in [0.1, 0.15) is 59.7 Å². The zero-order valence-corrected chi connectivity index (χ0v) is 28.0. The van der Waals surface area contributed by atoms with Crippen LogP contribution in [0.25, 0.3) is 11.1 Å². The molecule has 0 bridgehead atoms. The molecule has 1 aliphatic heterocycles. The van der Waals surface area contributed by atoms with Crippen molar-refractivity contribution in [2.45, 2.75) is 51.2 Å². The highest BCUT2D eigenvalue weighted by Crippen LogP contribution is 2.45. The van der Waals surface area contributed by atoms with E-state index in [1.54, 1.807) is 17.0 Å². The van der Waals surface area contributed by atoms with E-state index in [-0.39, 0.29) is 30.5 Å². The summed E-state index contributed by atoms with van der Waals surface area (Å²) in [5.41, 5.74) is 3.55. The van der Waals surface area contributed by atoms with Crippen LogP contribution in [0.2, 0.25) is 5.02 Å². The average molecular weight is 670 g/mol. The number of aryl methyl sites for hydroxylation is 1. The minimum absolute atomic E-state index is 0.0594. The Labute approximate surface area is 276 Å². The van der Waals surface area contributed by atoms with Crippen molar-refractivity contribution in [2.75, 3.05) is 38.2 Å². The van der Waals surface area contributed by atoms with Gasteiger partial charge in [0.1, 0.15) is 9.84 Å². The second-order valence-corrected chi connectivity index (χ2v) is 14.7. The van der Waals surface area contributed by atoms with Crippen LogP contribution >= 0.6 is 11.6 Å².